The first-order valence-electron chi connectivity index (χ1n) is 9.80. The average molecular weight is 382 g/mol. The van der Waals surface area contributed by atoms with Crippen LogP contribution in [0.1, 0.15) is 45.2 Å². The predicted molar refractivity (Wildman–Crippen MR) is 112 cm³/mol. The Bertz CT molecular complexity index is 927. The van der Waals surface area contributed by atoms with Crippen LogP contribution in [0.4, 0.5) is 5.95 Å². The third-order valence-electron chi connectivity index (χ3n) is 5.11. The summed E-state index contributed by atoms with van der Waals surface area (Å²) in [6.07, 6.45) is 9.89. The summed E-state index contributed by atoms with van der Waals surface area (Å²) in [5.41, 5.74) is 4.31. The summed E-state index contributed by atoms with van der Waals surface area (Å²) >= 11 is 1.71. The van der Waals surface area contributed by atoms with E-state index in [0.29, 0.717) is 12.0 Å². The van der Waals surface area contributed by atoms with Gasteiger partial charge in [0.2, 0.25) is 5.95 Å². The van der Waals surface area contributed by atoms with E-state index in [4.69, 9.17) is 10.1 Å². The van der Waals surface area contributed by atoms with Gasteiger partial charge in [0, 0.05) is 17.8 Å². The van der Waals surface area contributed by atoms with Gasteiger partial charge >= 0.3 is 0 Å². The fourth-order valence-electron chi connectivity index (χ4n) is 3.88. The molecule has 0 radical (unpaired) electrons. The molecule has 27 heavy (non-hydrogen) atoms. The second-order valence-corrected chi connectivity index (χ2v) is 8.50. The van der Waals surface area contributed by atoms with Gasteiger partial charge in [0.25, 0.3) is 0 Å². The van der Waals surface area contributed by atoms with Gasteiger partial charge in [0.15, 0.2) is 0 Å². The quantitative estimate of drug-likeness (QED) is 0.604. The van der Waals surface area contributed by atoms with Gasteiger partial charge in [0.05, 0.1) is 21.9 Å². The maximum absolute atomic E-state index is 4.95. The maximum atomic E-state index is 4.95. The Balaban J connectivity index is 1.79. The molecule has 0 saturated heterocycles. The summed E-state index contributed by atoms with van der Waals surface area (Å²) in [4.78, 5) is 9.33. The molecule has 0 aromatic carbocycles. The van der Waals surface area contributed by atoms with E-state index in [2.05, 4.69) is 53.1 Å². The molecule has 0 amide bonds. The molecule has 0 bridgehead atoms. The molecule has 142 valence electrons. The first-order valence-corrected chi connectivity index (χ1v) is 11.0. The number of hydrogen-bond acceptors (Lipinski definition) is 5. The van der Waals surface area contributed by atoms with Crippen LogP contribution >= 0.6 is 11.8 Å². The lowest BCUT2D eigenvalue weighted by molar-refractivity contribution is 0.628. The van der Waals surface area contributed by atoms with E-state index < -0.39 is 0 Å². The average Bonchev–Trinajstić information content (AvgIpc) is 3.28. The van der Waals surface area contributed by atoms with Gasteiger partial charge in [-0.3, -0.25) is 0 Å². The molecular weight excluding hydrogens is 354 g/mol. The Hall–Kier alpha value is -2.08. The van der Waals surface area contributed by atoms with Gasteiger partial charge in [-0.2, -0.15) is 5.10 Å². The highest BCUT2D eigenvalue weighted by molar-refractivity contribution is 7.98. The summed E-state index contributed by atoms with van der Waals surface area (Å²) in [5, 5.41) is 9.61. The van der Waals surface area contributed by atoms with Crippen molar-refractivity contribution in [2.24, 2.45) is 5.92 Å². The Morgan fingerprint density at radius 1 is 1.22 bits per heavy atom. The molecule has 1 fully saturated rings. The molecule has 3 aromatic heterocycles. The molecule has 6 heteroatoms. The molecule has 1 saturated carbocycles. The zero-order valence-corrected chi connectivity index (χ0v) is 17.1. The van der Waals surface area contributed by atoms with Crippen LogP contribution in [0.25, 0.3) is 16.8 Å². The van der Waals surface area contributed by atoms with E-state index in [1.54, 1.807) is 11.8 Å². The van der Waals surface area contributed by atoms with Crippen LogP contribution in [-0.2, 0) is 6.42 Å². The van der Waals surface area contributed by atoms with Gasteiger partial charge in [0.1, 0.15) is 0 Å². The maximum Gasteiger partial charge on any atom is 0.223 e. The molecule has 0 spiro atoms. The van der Waals surface area contributed by atoms with Crippen molar-refractivity contribution < 1.29 is 0 Å². The normalized spacial score (nSPS) is 15.1. The van der Waals surface area contributed by atoms with Crippen molar-refractivity contribution in [1.29, 1.82) is 0 Å². The number of rotatable bonds is 6. The smallest absolute Gasteiger partial charge is 0.223 e. The molecule has 1 N–H and O–H groups in total. The highest BCUT2D eigenvalue weighted by atomic mass is 32.2. The van der Waals surface area contributed by atoms with Crippen LogP contribution < -0.4 is 5.32 Å². The fraction of sp³-hybridized carbons (Fsp3) is 0.476. The third kappa shape index (κ3) is 3.81. The van der Waals surface area contributed by atoms with Crippen molar-refractivity contribution >= 4 is 23.2 Å². The highest BCUT2D eigenvalue weighted by Gasteiger charge is 2.20. The lowest BCUT2D eigenvalue weighted by Crippen LogP contribution is -2.16. The summed E-state index contributed by atoms with van der Waals surface area (Å²) < 4.78 is 2.06. The number of nitrogens with zero attached hydrogens (tertiary/aromatic N) is 4. The lowest BCUT2D eigenvalue weighted by atomic mass is 10.0. The van der Waals surface area contributed by atoms with E-state index in [0.717, 1.165) is 39.9 Å². The number of anilines is 1. The molecule has 0 aliphatic heterocycles. The van der Waals surface area contributed by atoms with E-state index in [9.17, 15) is 0 Å². The summed E-state index contributed by atoms with van der Waals surface area (Å²) in [6.45, 7) is 4.46. The van der Waals surface area contributed by atoms with Crippen LogP contribution in [-0.4, -0.2) is 31.9 Å². The molecular formula is C21H27N5S. The Labute approximate surface area is 165 Å². The van der Waals surface area contributed by atoms with Crippen LogP contribution in [0.3, 0.4) is 0 Å². The molecule has 5 nitrogen and oxygen atoms in total. The molecule has 3 aromatic rings. The second kappa shape index (κ2) is 7.89. The molecule has 0 atom stereocenters. The summed E-state index contributed by atoms with van der Waals surface area (Å²) in [6, 6.07) is 8.86. The monoisotopic (exact) mass is 381 g/mol. The Morgan fingerprint density at radius 3 is 2.78 bits per heavy atom. The number of thioether (sulfide) groups is 1. The Morgan fingerprint density at radius 2 is 2.04 bits per heavy atom. The minimum absolute atomic E-state index is 0.502. The lowest BCUT2D eigenvalue weighted by Gasteiger charge is -2.12. The summed E-state index contributed by atoms with van der Waals surface area (Å²) in [5.74, 6) is 1.26. The van der Waals surface area contributed by atoms with Crippen molar-refractivity contribution in [3.8, 4) is 11.3 Å². The minimum Gasteiger partial charge on any atom is -0.351 e. The first-order chi connectivity index (χ1) is 13.2. The van der Waals surface area contributed by atoms with Crippen LogP contribution in [0.5, 0.6) is 0 Å². The number of hydrogen-bond donors (Lipinski definition) is 1. The topological polar surface area (TPSA) is 55.1 Å². The molecule has 3 heterocycles. The minimum atomic E-state index is 0.502. The second-order valence-electron chi connectivity index (χ2n) is 7.68. The van der Waals surface area contributed by atoms with Gasteiger partial charge in [-0.25, -0.2) is 14.5 Å². The van der Waals surface area contributed by atoms with Crippen LogP contribution in [0.2, 0.25) is 0 Å². The largest absolute Gasteiger partial charge is 0.351 e. The standard InChI is InChI=1S/C21H27N5S/c1-14(2)13-17-20(18-9-6-10-19(27-3)26(18)25-17)16-11-12-22-21(24-16)23-15-7-4-5-8-15/h6,9-12,14-15H,4-5,7-8,13H2,1-3H3,(H,22,23,24). The molecule has 4 rings (SSSR count). The zero-order valence-electron chi connectivity index (χ0n) is 16.3. The predicted octanol–water partition coefficient (Wildman–Crippen LogP) is 5.07. The third-order valence-corrected chi connectivity index (χ3v) is 5.83. The molecule has 0 unspecified atom stereocenters. The van der Waals surface area contributed by atoms with E-state index in [1.807, 2.05) is 12.3 Å². The number of fused-ring (bicyclic) bond motifs is 1. The van der Waals surface area contributed by atoms with E-state index in [1.165, 1.54) is 25.7 Å². The van der Waals surface area contributed by atoms with Gasteiger partial charge in [-0.1, -0.05) is 32.8 Å². The van der Waals surface area contributed by atoms with Crippen molar-refractivity contribution in [1.82, 2.24) is 19.6 Å². The van der Waals surface area contributed by atoms with Crippen LogP contribution in [0.15, 0.2) is 35.5 Å². The number of nitrogens with one attached hydrogen (secondary N) is 1. The molecule has 1 aliphatic rings. The zero-order chi connectivity index (χ0) is 18.8. The highest BCUT2D eigenvalue weighted by Crippen LogP contribution is 2.32. The Kier molecular flexibility index (Phi) is 5.34. The number of aromatic nitrogens is 4. The van der Waals surface area contributed by atoms with Crippen molar-refractivity contribution in [2.75, 3.05) is 11.6 Å². The SMILES string of the molecule is CSc1cccc2c(-c3ccnc(NC4CCCC4)n3)c(CC(C)C)nn12. The summed E-state index contributed by atoms with van der Waals surface area (Å²) in [7, 11) is 0. The number of pyridine rings is 1. The van der Waals surface area contributed by atoms with E-state index >= 15 is 0 Å². The fourth-order valence-corrected chi connectivity index (χ4v) is 4.40. The van der Waals surface area contributed by atoms with Crippen LogP contribution in [0, 0.1) is 5.92 Å². The van der Waals surface area contributed by atoms with Gasteiger partial charge < -0.3 is 5.32 Å². The van der Waals surface area contributed by atoms with E-state index in [-0.39, 0.29) is 0 Å². The molecule has 1 aliphatic carbocycles. The van der Waals surface area contributed by atoms with Crippen molar-refractivity contribution in [3.63, 3.8) is 0 Å². The van der Waals surface area contributed by atoms with Gasteiger partial charge in [-0.05, 0) is 49.6 Å². The first kappa shape index (κ1) is 18.3. The van der Waals surface area contributed by atoms with Gasteiger partial charge in [-0.15, -0.1) is 11.8 Å². The van der Waals surface area contributed by atoms with Crippen molar-refractivity contribution in [2.45, 2.75) is 57.0 Å². The van der Waals surface area contributed by atoms with Crippen molar-refractivity contribution in [3.05, 3.63) is 36.2 Å².